The largest absolute Gasteiger partial charge is 0.496 e. The van der Waals surface area contributed by atoms with Crippen LogP contribution < -0.4 is 15.0 Å². The molecule has 5 aromatic rings. The minimum absolute atomic E-state index is 0.0859. The lowest BCUT2D eigenvalue weighted by atomic mass is 9.96. The van der Waals surface area contributed by atoms with Gasteiger partial charge >= 0.3 is 5.69 Å². The normalized spacial score (nSPS) is 11.4. The number of methoxy groups -OCH3 is 1. The molecule has 4 aromatic carbocycles. The summed E-state index contributed by atoms with van der Waals surface area (Å²) in [4.78, 5) is 30.1. The van der Waals surface area contributed by atoms with Gasteiger partial charge in [0, 0.05) is 21.7 Å². The molecule has 0 bridgehead atoms. The highest BCUT2D eigenvalue weighted by Gasteiger charge is 2.22. The van der Waals surface area contributed by atoms with Crippen molar-refractivity contribution in [2.75, 3.05) is 7.11 Å². The van der Waals surface area contributed by atoms with Crippen LogP contribution in [0.3, 0.4) is 0 Å². The van der Waals surface area contributed by atoms with Crippen LogP contribution in [0.25, 0.3) is 22.3 Å². The average molecular weight is 660 g/mol. The molecule has 0 aliphatic carbocycles. The van der Waals surface area contributed by atoms with Gasteiger partial charge in [0.25, 0.3) is 5.56 Å². The van der Waals surface area contributed by atoms with Crippen LogP contribution >= 0.6 is 15.9 Å². The standard InChI is InChI=1S/C33H28BrFN4O5/c1-19(2)26-16-27(20(3)12-30(26)43-4)32-37-28-11-6-5-10-25(28)33(40)38(32)36-17-22-14-23(34)15-29(39(41)42)31(22)44-18-21-8-7-9-24(35)13-21/h5-17,19H,18H2,1-4H3. The molecule has 9 nitrogen and oxygen atoms in total. The number of nitro groups is 1. The van der Waals surface area contributed by atoms with Gasteiger partial charge < -0.3 is 9.47 Å². The number of para-hydroxylation sites is 1. The fourth-order valence-electron chi connectivity index (χ4n) is 4.86. The summed E-state index contributed by atoms with van der Waals surface area (Å²) in [5, 5.41) is 16.9. The maximum Gasteiger partial charge on any atom is 0.312 e. The van der Waals surface area contributed by atoms with E-state index in [4.69, 9.17) is 14.5 Å². The number of aryl methyl sites for hydroxylation is 1. The molecule has 11 heteroatoms. The van der Waals surface area contributed by atoms with Gasteiger partial charge in [-0.1, -0.05) is 54.0 Å². The molecule has 0 saturated heterocycles. The summed E-state index contributed by atoms with van der Waals surface area (Å²) in [6, 6.07) is 19.5. The summed E-state index contributed by atoms with van der Waals surface area (Å²) in [6.45, 7) is 5.85. The zero-order valence-electron chi connectivity index (χ0n) is 24.4. The first-order chi connectivity index (χ1) is 21.1. The molecule has 0 unspecified atom stereocenters. The van der Waals surface area contributed by atoms with E-state index in [1.807, 2.05) is 32.9 Å². The van der Waals surface area contributed by atoms with E-state index >= 15 is 0 Å². The van der Waals surface area contributed by atoms with E-state index < -0.39 is 16.3 Å². The van der Waals surface area contributed by atoms with Gasteiger partial charge in [0.1, 0.15) is 18.2 Å². The lowest BCUT2D eigenvalue weighted by molar-refractivity contribution is -0.386. The monoisotopic (exact) mass is 658 g/mol. The Morgan fingerprint density at radius 1 is 1.11 bits per heavy atom. The minimum atomic E-state index is -0.577. The molecule has 0 amide bonds. The van der Waals surface area contributed by atoms with Crippen molar-refractivity contribution in [3.8, 4) is 22.9 Å². The molecular formula is C33H28BrFN4O5. The Morgan fingerprint density at radius 3 is 2.59 bits per heavy atom. The first-order valence-electron chi connectivity index (χ1n) is 13.7. The van der Waals surface area contributed by atoms with Crippen LogP contribution in [0.5, 0.6) is 11.5 Å². The van der Waals surface area contributed by atoms with Crippen molar-refractivity contribution < 1.29 is 18.8 Å². The zero-order valence-corrected chi connectivity index (χ0v) is 26.0. The van der Waals surface area contributed by atoms with Crippen molar-refractivity contribution in [2.45, 2.75) is 33.3 Å². The quantitative estimate of drug-likeness (QED) is 0.0909. The summed E-state index contributed by atoms with van der Waals surface area (Å²) in [5.41, 5.74) is 2.89. The smallest absolute Gasteiger partial charge is 0.312 e. The van der Waals surface area contributed by atoms with E-state index in [1.54, 1.807) is 43.5 Å². The van der Waals surface area contributed by atoms with E-state index in [-0.39, 0.29) is 29.5 Å². The molecule has 0 aliphatic rings. The van der Waals surface area contributed by atoms with E-state index in [9.17, 15) is 19.3 Å². The molecule has 0 aliphatic heterocycles. The number of rotatable bonds is 9. The molecule has 0 atom stereocenters. The third kappa shape index (κ3) is 6.23. The van der Waals surface area contributed by atoms with Gasteiger partial charge in [-0.3, -0.25) is 14.9 Å². The molecule has 0 N–H and O–H groups in total. The fourth-order valence-corrected chi connectivity index (χ4v) is 5.33. The molecule has 44 heavy (non-hydrogen) atoms. The number of halogens is 2. The molecule has 0 radical (unpaired) electrons. The van der Waals surface area contributed by atoms with Gasteiger partial charge in [-0.25, -0.2) is 9.37 Å². The van der Waals surface area contributed by atoms with Crippen molar-refractivity contribution in [3.63, 3.8) is 0 Å². The summed E-state index contributed by atoms with van der Waals surface area (Å²) in [7, 11) is 1.61. The molecule has 1 aromatic heterocycles. The van der Waals surface area contributed by atoms with Crippen LogP contribution in [0.15, 0.2) is 87.2 Å². The molecular weight excluding hydrogens is 631 g/mol. The molecule has 1 heterocycles. The van der Waals surface area contributed by atoms with Gasteiger partial charge in [0.15, 0.2) is 5.82 Å². The van der Waals surface area contributed by atoms with E-state index in [2.05, 4.69) is 21.0 Å². The van der Waals surface area contributed by atoms with Crippen molar-refractivity contribution in [1.82, 2.24) is 9.66 Å². The number of ether oxygens (including phenoxy) is 2. The maximum atomic E-state index is 13.9. The second-order valence-electron chi connectivity index (χ2n) is 10.4. The van der Waals surface area contributed by atoms with Crippen molar-refractivity contribution in [2.24, 2.45) is 5.10 Å². The van der Waals surface area contributed by atoms with Gasteiger partial charge in [-0.15, -0.1) is 0 Å². The SMILES string of the molecule is COc1cc(C)c(-c2nc3ccccc3c(=O)n2N=Cc2cc(Br)cc([N+](=O)[O-])c2OCc2cccc(F)c2)cc1C(C)C. The van der Waals surface area contributed by atoms with Crippen molar-refractivity contribution in [1.29, 1.82) is 0 Å². The predicted octanol–water partition coefficient (Wildman–Crippen LogP) is 7.77. The Balaban J connectivity index is 1.70. The summed E-state index contributed by atoms with van der Waals surface area (Å²) < 4.78 is 26.8. The van der Waals surface area contributed by atoms with E-state index in [1.165, 1.54) is 35.2 Å². The highest BCUT2D eigenvalue weighted by atomic mass is 79.9. The Morgan fingerprint density at radius 2 is 1.89 bits per heavy atom. The lowest BCUT2D eigenvalue weighted by Crippen LogP contribution is -2.21. The fraction of sp³-hybridized carbons (Fsp3) is 0.182. The molecule has 0 saturated carbocycles. The first kappa shape index (κ1) is 30.6. The Hall–Kier alpha value is -4.90. The van der Waals surface area contributed by atoms with E-state index in [0.717, 1.165) is 16.9 Å². The molecule has 224 valence electrons. The number of hydrogen-bond acceptors (Lipinski definition) is 7. The third-order valence-corrected chi connectivity index (χ3v) is 7.50. The van der Waals surface area contributed by atoms with Gasteiger partial charge in [0.2, 0.25) is 5.75 Å². The van der Waals surface area contributed by atoms with Crippen molar-refractivity contribution >= 4 is 38.7 Å². The maximum absolute atomic E-state index is 13.9. The molecule has 0 spiro atoms. The second kappa shape index (κ2) is 12.8. The van der Waals surface area contributed by atoms with Gasteiger partial charge in [-0.2, -0.15) is 9.78 Å². The number of benzene rings is 4. The van der Waals surface area contributed by atoms with Crippen LogP contribution in [0.2, 0.25) is 0 Å². The lowest BCUT2D eigenvalue weighted by Gasteiger charge is -2.17. The van der Waals surface area contributed by atoms with Crippen LogP contribution in [0.1, 0.15) is 42.0 Å². The van der Waals surface area contributed by atoms with Crippen LogP contribution in [0, 0.1) is 22.9 Å². The summed E-state index contributed by atoms with van der Waals surface area (Å²) in [5.74, 6) is 0.591. The first-order valence-corrected chi connectivity index (χ1v) is 14.5. The Bertz CT molecular complexity index is 1990. The minimum Gasteiger partial charge on any atom is -0.496 e. The molecule has 0 fully saturated rings. The number of hydrogen-bond donors (Lipinski definition) is 0. The highest BCUT2D eigenvalue weighted by Crippen LogP contribution is 2.36. The number of aromatic nitrogens is 2. The van der Waals surface area contributed by atoms with E-state index in [0.29, 0.717) is 32.3 Å². The van der Waals surface area contributed by atoms with Crippen molar-refractivity contribution in [3.05, 3.63) is 126 Å². The number of fused-ring (bicyclic) bond motifs is 1. The second-order valence-corrected chi connectivity index (χ2v) is 11.3. The third-order valence-electron chi connectivity index (χ3n) is 7.04. The van der Waals surface area contributed by atoms with Crippen LogP contribution in [-0.2, 0) is 6.61 Å². The topological polar surface area (TPSA) is 109 Å². The Kier molecular flexibility index (Phi) is 8.86. The molecule has 5 rings (SSSR count). The highest BCUT2D eigenvalue weighted by molar-refractivity contribution is 9.10. The van der Waals surface area contributed by atoms with Crippen LogP contribution in [0.4, 0.5) is 10.1 Å². The Labute approximate surface area is 260 Å². The average Bonchev–Trinajstić information content (AvgIpc) is 2.99. The summed E-state index contributed by atoms with van der Waals surface area (Å²) in [6.07, 6.45) is 1.32. The zero-order chi connectivity index (χ0) is 31.5. The number of nitrogens with zero attached hydrogens (tertiary/aromatic N) is 4. The number of nitro benzene ring substituents is 1. The van der Waals surface area contributed by atoms with Gasteiger partial charge in [-0.05, 0) is 72.0 Å². The summed E-state index contributed by atoms with van der Waals surface area (Å²) >= 11 is 3.33. The predicted molar refractivity (Wildman–Crippen MR) is 171 cm³/mol. The van der Waals surface area contributed by atoms with Crippen LogP contribution in [-0.4, -0.2) is 27.9 Å². The van der Waals surface area contributed by atoms with Gasteiger partial charge in [0.05, 0.1) is 29.2 Å².